The number of likely N-dealkylation sites (N-methyl/N-ethyl adjacent to an activating group) is 1. The third-order valence-corrected chi connectivity index (χ3v) is 8.68. The first kappa shape index (κ1) is 44.5. The molecule has 0 radical (unpaired) electrons. The number of piperazine rings is 1. The van der Waals surface area contributed by atoms with Crippen LogP contribution < -0.4 is 20.1 Å². The molecule has 53 heavy (non-hydrogen) atoms. The number of nitrogens with zero attached hydrogens (tertiary/aromatic N) is 5. The number of hydrogen-bond acceptors (Lipinski definition) is 9. The molecule has 0 spiro atoms. The minimum Gasteiger partial charge on any atom is -0.493 e. The zero-order valence-corrected chi connectivity index (χ0v) is 32.5. The van der Waals surface area contributed by atoms with Gasteiger partial charge in [0.15, 0.2) is 11.5 Å². The number of nitrogens with two attached hydrogens (primary N) is 1. The van der Waals surface area contributed by atoms with E-state index >= 15 is 0 Å². The zero-order chi connectivity index (χ0) is 35.7. The minimum absolute atomic E-state index is 0. The van der Waals surface area contributed by atoms with Gasteiger partial charge in [0.25, 0.3) is 5.91 Å². The maximum atomic E-state index is 12.5. The number of anilines is 2. The summed E-state index contributed by atoms with van der Waals surface area (Å²) in [4.78, 5) is 27.9. The summed E-state index contributed by atoms with van der Waals surface area (Å²) in [6.45, 7) is 11.4. The summed E-state index contributed by atoms with van der Waals surface area (Å²) in [5.74, 6) is 8.54. The van der Waals surface area contributed by atoms with Gasteiger partial charge >= 0.3 is 0 Å². The van der Waals surface area contributed by atoms with Crippen LogP contribution in [0.1, 0.15) is 39.2 Å². The molecular formula is C40H55ClN6O6. The SMILES string of the molecule is CN(C/C=C/C#CC(C)(C)C)Cc1cccc2ccccc12.COc1cc2nc(N3CCN(C(=O)C4CCCO4)CC3)nc(N)c2cc1OC.Cl.O.O. The van der Waals surface area contributed by atoms with Gasteiger partial charge in [-0.3, -0.25) is 9.69 Å². The summed E-state index contributed by atoms with van der Waals surface area (Å²) < 4.78 is 16.2. The number of methoxy groups -OCH3 is 2. The number of benzene rings is 3. The molecule has 2 saturated heterocycles. The average Bonchev–Trinajstić information content (AvgIpc) is 3.66. The van der Waals surface area contributed by atoms with Crippen molar-refractivity contribution >= 4 is 51.8 Å². The number of carbonyl (C=O) groups excluding carboxylic acids is 1. The molecule has 12 nitrogen and oxygen atoms in total. The molecule has 6 rings (SSSR count). The van der Waals surface area contributed by atoms with Crippen LogP contribution in [0, 0.1) is 17.3 Å². The average molecular weight is 751 g/mol. The number of halogens is 1. The lowest BCUT2D eigenvalue weighted by atomic mass is 9.98. The summed E-state index contributed by atoms with van der Waals surface area (Å²) in [7, 11) is 5.30. The van der Waals surface area contributed by atoms with Crippen molar-refractivity contribution in [1.29, 1.82) is 0 Å². The fourth-order valence-electron chi connectivity index (χ4n) is 6.05. The van der Waals surface area contributed by atoms with Gasteiger partial charge in [0.05, 0.1) is 19.7 Å². The number of carbonyl (C=O) groups is 1. The van der Waals surface area contributed by atoms with Crippen LogP contribution in [0.2, 0.25) is 0 Å². The van der Waals surface area contributed by atoms with Crippen LogP contribution in [0.3, 0.4) is 0 Å². The Labute approximate surface area is 319 Å². The molecule has 3 aromatic carbocycles. The summed E-state index contributed by atoms with van der Waals surface area (Å²) in [5.41, 5.74) is 8.31. The van der Waals surface area contributed by atoms with Crippen LogP contribution in [-0.2, 0) is 16.1 Å². The first-order valence-corrected chi connectivity index (χ1v) is 17.2. The molecule has 0 aliphatic carbocycles. The Hall–Kier alpha value is -4.64. The molecule has 2 fully saturated rings. The molecule has 288 valence electrons. The second-order valence-electron chi connectivity index (χ2n) is 13.7. The fourth-order valence-corrected chi connectivity index (χ4v) is 6.05. The van der Waals surface area contributed by atoms with Gasteiger partial charge in [0, 0.05) is 62.7 Å². The maximum absolute atomic E-state index is 12.5. The number of rotatable bonds is 8. The van der Waals surface area contributed by atoms with Crippen LogP contribution in [-0.4, -0.2) is 103 Å². The summed E-state index contributed by atoms with van der Waals surface area (Å²) >= 11 is 0. The first-order chi connectivity index (χ1) is 24.1. The number of fused-ring (bicyclic) bond motifs is 2. The number of ether oxygens (including phenoxy) is 3. The topological polar surface area (TPSA) is 169 Å². The van der Waals surface area contributed by atoms with Gasteiger partial charge in [-0.15, -0.1) is 12.4 Å². The number of amides is 1. The van der Waals surface area contributed by atoms with Crippen molar-refractivity contribution < 1.29 is 30.0 Å². The van der Waals surface area contributed by atoms with Crippen molar-refractivity contribution in [3.8, 4) is 23.3 Å². The molecule has 1 atom stereocenters. The highest BCUT2D eigenvalue weighted by Gasteiger charge is 2.31. The lowest BCUT2D eigenvalue weighted by molar-refractivity contribution is -0.141. The van der Waals surface area contributed by atoms with Crippen LogP contribution in [0.4, 0.5) is 11.8 Å². The van der Waals surface area contributed by atoms with E-state index in [4.69, 9.17) is 19.9 Å². The van der Waals surface area contributed by atoms with Crippen molar-refractivity contribution in [2.75, 3.05) is 71.2 Å². The van der Waals surface area contributed by atoms with Gasteiger partial charge in [0.2, 0.25) is 5.95 Å². The van der Waals surface area contributed by atoms with E-state index in [1.54, 1.807) is 26.4 Å². The Balaban J connectivity index is 0.000000357. The van der Waals surface area contributed by atoms with E-state index in [9.17, 15) is 4.79 Å². The Kier molecular flexibility index (Phi) is 17.3. The number of allylic oxidation sites excluding steroid dienone is 1. The predicted octanol–water partition coefficient (Wildman–Crippen LogP) is 4.71. The van der Waals surface area contributed by atoms with Gasteiger partial charge in [-0.25, -0.2) is 4.98 Å². The van der Waals surface area contributed by atoms with Gasteiger partial charge in [-0.05, 0) is 69.1 Å². The Morgan fingerprint density at radius 3 is 2.34 bits per heavy atom. The molecule has 1 aromatic heterocycles. The minimum atomic E-state index is -0.276. The first-order valence-electron chi connectivity index (χ1n) is 17.2. The quantitative estimate of drug-likeness (QED) is 0.251. The second kappa shape index (κ2) is 20.6. The predicted molar refractivity (Wildman–Crippen MR) is 216 cm³/mol. The smallest absolute Gasteiger partial charge is 0.251 e. The number of nitrogen functional groups attached to an aromatic ring is 1. The summed E-state index contributed by atoms with van der Waals surface area (Å²) in [5, 5.41) is 3.36. The third kappa shape index (κ3) is 11.9. The van der Waals surface area contributed by atoms with Gasteiger partial charge in [-0.2, -0.15) is 4.98 Å². The molecule has 2 aliphatic rings. The van der Waals surface area contributed by atoms with Crippen molar-refractivity contribution in [2.24, 2.45) is 5.41 Å². The van der Waals surface area contributed by atoms with E-state index < -0.39 is 0 Å². The highest BCUT2D eigenvalue weighted by Crippen LogP contribution is 2.34. The van der Waals surface area contributed by atoms with Gasteiger partial charge < -0.3 is 40.7 Å². The van der Waals surface area contributed by atoms with Crippen LogP contribution in [0.15, 0.2) is 66.7 Å². The van der Waals surface area contributed by atoms with E-state index in [1.165, 1.54) is 16.3 Å². The molecule has 0 bridgehead atoms. The molecule has 6 N–H and O–H groups in total. The normalized spacial score (nSPS) is 15.4. The Morgan fingerprint density at radius 2 is 1.68 bits per heavy atom. The molecule has 3 heterocycles. The number of aromatic nitrogens is 2. The molecule has 4 aromatic rings. The molecule has 2 aliphatic heterocycles. The fraction of sp³-hybridized carbons (Fsp3) is 0.425. The highest BCUT2D eigenvalue weighted by molar-refractivity contribution is 5.92. The van der Waals surface area contributed by atoms with Gasteiger partial charge in [0.1, 0.15) is 11.9 Å². The van der Waals surface area contributed by atoms with E-state index in [2.05, 4.69) is 103 Å². The van der Waals surface area contributed by atoms with E-state index in [0.717, 1.165) is 25.9 Å². The standard InChI is InChI=1S/C21H25N.C19H25N5O4.ClH.2H2O/c1-21(2,3)15-8-5-9-16-22(4)17-19-13-10-12-18-11-6-7-14-20(18)19;1-26-15-10-12-13(11-16(15)27-2)21-19(22-17(12)20)24-7-5-23(6-8-24)18(25)14-4-3-9-28-14;;;/h5-7,9-14H,16-17H2,1-4H3;10-11,14H,3-9H2,1-2H3,(H2,20,21,22);1H;2*1H2/b9-5+;;;;. The highest BCUT2D eigenvalue weighted by atomic mass is 35.5. The monoisotopic (exact) mass is 750 g/mol. The molecule has 1 amide bonds. The van der Waals surface area contributed by atoms with Crippen molar-refractivity contribution in [3.63, 3.8) is 0 Å². The van der Waals surface area contributed by atoms with Crippen molar-refractivity contribution in [2.45, 2.75) is 46.3 Å². The third-order valence-electron chi connectivity index (χ3n) is 8.68. The van der Waals surface area contributed by atoms with Crippen molar-refractivity contribution in [1.82, 2.24) is 19.8 Å². The largest absolute Gasteiger partial charge is 0.493 e. The second-order valence-corrected chi connectivity index (χ2v) is 13.7. The lowest BCUT2D eigenvalue weighted by Gasteiger charge is -2.35. The lowest BCUT2D eigenvalue weighted by Crippen LogP contribution is -2.51. The Bertz CT molecular complexity index is 1870. The molecule has 0 saturated carbocycles. The Morgan fingerprint density at radius 1 is 1.00 bits per heavy atom. The zero-order valence-electron chi connectivity index (χ0n) is 31.6. The van der Waals surface area contributed by atoms with Crippen LogP contribution in [0.25, 0.3) is 21.7 Å². The van der Waals surface area contributed by atoms with Crippen LogP contribution >= 0.6 is 12.4 Å². The van der Waals surface area contributed by atoms with Crippen molar-refractivity contribution in [3.05, 3.63) is 72.3 Å². The van der Waals surface area contributed by atoms with E-state index in [-0.39, 0.29) is 40.8 Å². The van der Waals surface area contributed by atoms with Gasteiger partial charge in [-0.1, -0.05) is 60.4 Å². The maximum Gasteiger partial charge on any atom is 0.251 e. The molecular weight excluding hydrogens is 696 g/mol. The van der Waals surface area contributed by atoms with E-state index in [0.29, 0.717) is 67.0 Å². The van der Waals surface area contributed by atoms with Crippen LogP contribution in [0.5, 0.6) is 11.5 Å². The van der Waals surface area contributed by atoms with E-state index in [1.807, 2.05) is 15.9 Å². The summed E-state index contributed by atoms with van der Waals surface area (Å²) in [6, 6.07) is 18.7. The summed E-state index contributed by atoms with van der Waals surface area (Å²) in [6.07, 6.45) is 5.58. The molecule has 13 heteroatoms. The number of hydrogen-bond donors (Lipinski definition) is 1. The molecule has 1 unspecified atom stereocenters.